The van der Waals surface area contributed by atoms with Crippen molar-refractivity contribution in [2.45, 2.75) is 57.0 Å². The maximum absolute atomic E-state index is 12.3. The molecule has 0 aromatic carbocycles. The third-order valence-electron chi connectivity index (χ3n) is 4.73. The van der Waals surface area contributed by atoms with Gasteiger partial charge in [-0.3, -0.25) is 4.57 Å². The predicted octanol–water partition coefficient (Wildman–Crippen LogP) is 0.673. The Morgan fingerprint density at radius 3 is 3.00 bits per heavy atom. The van der Waals surface area contributed by atoms with Crippen molar-refractivity contribution in [3.05, 3.63) is 28.5 Å². The predicted molar refractivity (Wildman–Crippen MR) is 88.3 cm³/mol. The lowest BCUT2D eigenvalue weighted by atomic mass is 10.2. The van der Waals surface area contributed by atoms with Crippen molar-refractivity contribution >= 4 is 11.1 Å². The molecule has 4 atom stereocenters. The highest BCUT2D eigenvalue weighted by Gasteiger charge is 2.35. The van der Waals surface area contributed by atoms with Gasteiger partial charge in [0.15, 0.2) is 6.29 Å². The lowest BCUT2D eigenvalue weighted by Gasteiger charge is -2.22. The summed E-state index contributed by atoms with van der Waals surface area (Å²) in [5.74, 6) is 0.555. The van der Waals surface area contributed by atoms with Crippen LogP contribution < -0.4 is 5.69 Å². The minimum atomic E-state index is -0.823. The molecule has 26 heavy (non-hydrogen) atoms. The number of rotatable bonds is 5. The van der Waals surface area contributed by atoms with E-state index in [4.69, 9.17) is 18.6 Å². The second-order valence-corrected chi connectivity index (χ2v) is 6.63. The molecule has 2 fully saturated rings. The number of aliphatic hydroxyl groups is 2. The van der Waals surface area contributed by atoms with Crippen LogP contribution in [0.5, 0.6) is 0 Å². The van der Waals surface area contributed by atoms with Crippen LogP contribution in [0.15, 0.2) is 21.5 Å². The molecule has 2 aliphatic heterocycles. The summed E-state index contributed by atoms with van der Waals surface area (Å²) < 4.78 is 23.6. The first kappa shape index (κ1) is 17.6. The third-order valence-corrected chi connectivity index (χ3v) is 4.73. The summed E-state index contributed by atoms with van der Waals surface area (Å²) in [4.78, 5) is 16.2. The van der Waals surface area contributed by atoms with E-state index < -0.39 is 24.1 Å². The fourth-order valence-electron chi connectivity index (χ4n) is 3.32. The van der Waals surface area contributed by atoms with E-state index >= 15 is 0 Å². The summed E-state index contributed by atoms with van der Waals surface area (Å²) in [6.45, 7) is 0.632. The largest absolute Gasteiger partial charge is 0.440 e. The zero-order valence-electron chi connectivity index (χ0n) is 14.2. The minimum absolute atomic E-state index is 0.213. The zero-order valence-corrected chi connectivity index (χ0v) is 14.2. The SMILES string of the molecule is O=c1nc2oc(COC3CCCCO3)cc2cn1C1C[C@@H](O)C(CO)O1. The van der Waals surface area contributed by atoms with Crippen molar-refractivity contribution in [2.75, 3.05) is 13.2 Å². The van der Waals surface area contributed by atoms with Crippen molar-refractivity contribution in [3.8, 4) is 0 Å². The Morgan fingerprint density at radius 2 is 2.27 bits per heavy atom. The van der Waals surface area contributed by atoms with Crippen molar-refractivity contribution in [1.29, 1.82) is 0 Å². The molecule has 142 valence electrons. The fourth-order valence-corrected chi connectivity index (χ4v) is 3.32. The van der Waals surface area contributed by atoms with E-state index in [9.17, 15) is 15.0 Å². The monoisotopic (exact) mass is 366 g/mol. The second-order valence-electron chi connectivity index (χ2n) is 6.63. The number of aliphatic hydroxyl groups excluding tert-OH is 2. The molecule has 0 amide bonds. The molecule has 2 aliphatic rings. The van der Waals surface area contributed by atoms with Crippen LogP contribution in [0.2, 0.25) is 0 Å². The van der Waals surface area contributed by atoms with E-state index in [0.717, 1.165) is 19.3 Å². The van der Waals surface area contributed by atoms with E-state index in [1.807, 2.05) is 0 Å². The van der Waals surface area contributed by atoms with Gasteiger partial charge in [-0.15, -0.1) is 0 Å². The average molecular weight is 366 g/mol. The summed E-state index contributed by atoms with van der Waals surface area (Å²) in [7, 11) is 0. The molecule has 2 N–H and O–H groups in total. The van der Waals surface area contributed by atoms with Crippen LogP contribution in [0, 0.1) is 0 Å². The van der Waals surface area contributed by atoms with Crippen molar-refractivity contribution in [3.63, 3.8) is 0 Å². The molecule has 0 radical (unpaired) electrons. The highest BCUT2D eigenvalue weighted by Crippen LogP contribution is 2.28. The molecule has 9 nitrogen and oxygen atoms in total. The number of hydrogen-bond acceptors (Lipinski definition) is 8. The molecular weight excluding hydrogens is 344 g/mol. The van der Waals surface area contributed by atoms with Crippen LogP contribution in [0.4, 0.5) is 0 Å². The van der Waals surface area contributed by atoms with Crippen LogP contribution in [0.3, 0.4) is 0 Å². The molecular formula is C17H22N2O7. The smallest absolute Gasteiger partial charge is 0.353 e. The van der Waals surface area contributed by atoms with Gasteiger partial charge < -0.3 is 28.8 Å². The lowest BCUT2D eigenvalue weighted by molar-refractivity contribution is -0.171. The van der Waals surface area contributed by atoms with Gasteiger partial charge in [0.05, 0.1) is 18.1 Å². The summed E-state index contributed by atoms with van der Waals surface area (Å²) in [6.07, 6.45) is 2.37. The first-order chi connectivity index (χ1) is 12.6. The topological polar surface area (TPSA) is 116 Å². The molecule has 0 aliphatic carbocycles. The summed E-state index contributed by atoms with van der Waals surface area (Å²) in [5.41, 5.74) is -0.308. The van der Waals surface area contributed by atoms with Crippen LogP contribution in [0.25, 0.3) is 11.1 Å². The molecule has 0 spiro atoms. The molecule has 3 unspecified atom stereocenters. The van der Waals surface area contributed by atoms with E-state index in [1.54, 1.807) is 12.3 Å². The number of nitrogens with zero attached hydrogens (tertiary/aromatic N) is 2. The molecule has 0 saturated carbocycles. The Hall–Kier alpha value is -1.78. The number of hydrogen-bond donors (Lipinski definition) is 2. The quantitative estimate of drug-likeness (QED) is 0.793. The Labute approximate surface area is 149 Å². The second kappa shape index (κ2) is 7.45. The van der Waals surface area contributed by atoms with Gasteiger partial charge in [0.2, 0.25) is 5.71 Å². The molecule has 2 aromatic heterocycles. The van der Waals surface area contributed by atoms with E-state index in [0.29, 0.717) is 17.8 Å². The van der Waals surface area contributed by atoms with E-state index in [1.165, 1.54) is 4.57 Å². The number of fused-ring (bicyclic) bond motifs is 1. The summed E-state index contributed by atoms with van der Waals surface area (Å²) >= 11 is 0. The lowest BCUT2D eigenvalue weighted by Crippen LogP contribution is -2.27. The van der Waals surface area contributed by atoms with Crippen molar-refractivity contribution in [2.24, 2.45) is 0 Å². The normalized spacial score (nSPS) is 29.5. The summed E-state index contributed by atoms with van der Waals surface area (Å²) in [5, 5.41) is 19.7. The number of ether oxygens (including phenoxy) is 3. The zero-order chi connectivity index (χ0) is 18.1. The maximum Gasteiger partial charge on any atom is 0.353 e. The summed E-state index contributed by atoms with van der Waals surface area (Å²) in [6, 6.07) is 1.76. The van der Waals surface area contributed by atoms with Crippen molar-refractivity contribution in [1.82, 2.24) is 9.55 Å². The molecule has 2 aromatic rings. The standard InChI is InChI=1S/C17H22N2O7/c20-8-13-12(21)6-14(26-13)19-7-10-5-11(25-16(10)18-17(19)22)9-24-15-3-1-2-4-23-15/h5,7,12-15,20-21H,1-4,6,8-9H2/t12-,13?,14?,15?/m1/s1. The van der Waals surface area contributed by atoms with Crippen LogP contribution >= 0.6 is 0 Å². The first-order valence-corrected chi connectivity index (χ1v) is 8.83. The molecule has 4 rings (SSSR count). The Kier molecular flexibility index (Phi) is 5.05. The van der Waals surface area contributed by atoms with Crippen LogP contribution in [-0.2, 0) is 20.8 Å². The maximum atomic E-state index is 12.3. The van der Waals surface area contributed by atoms with Gasteiger partial charge in [0, 0.05) is 19.2 Å². The van der Waals surface area contributed by atoms with Gasteiger partial charge in [-0.05, 0) is 25.3 Å². The van der Waals surface area contributed by atoms with Gasteiger partial charge in [-0.1, -0.05) is 0 Å². The average Bonchev–Trinajstić information content (AvgIpc) is 3.22. The molecule has 4 heterocycles. The highest BCUT2D eigenvalue weighted by atomic mass is 16.7. The van der Waals surface area contributed by atoms with Gasteiger partial charge >= 0.3 is 5.69 Å². The van der Waals surface area contributed by atoms with Gasteiger partial charge in [-0.25, -0.2) is 4.79 Å². The Balaban J connectivity index is 1.50. The van der Waals surface area contributed by atoms with E-state index in [2.05, 4.69) is 4.98 Å². The third kappa shape index (κ3) is 3.53. The van der Waals surface area contributed by atoms with Gasteiger partial charge in [-0.2, -0.15) is 4.98 Å². The number of aromatic nitrogens is 2. The van der Waals surface area contributed by atoms with Crippen LogP contribution in [0.1, 0.15) is 37.7 Å². The van der Waals surface area contributed by atoms with E-state index in [-0.39, 0.29) is 31.6 Å². The Bertz CT molecular complexity index is 811. The Morgan fingerprint density at radius 1 is 1.38 bits per heavy atom. The number of furan rings is 1. The highest BCUT2D eigenvalue weighted by molar-refractivity contribution is 5.72. The fraction of sp³-hybridized carbons (Fsp3) is 0.647. The first-order valence-electron chi connectivity index (χ1n) is 8.83. The molecule has 9 heteroatoms. The molecule has 2 saturated heterocycles. The molecule has 0 bridgehead atoms. The minimum Gasteiger partial charge on any atom is -0.440 e. The van der Waals surface area contributed by atoms with Gasteiger partial charge in [0.25, 0.3) is 0 Å². The van der Waals surface area contributed by atoms with Gasteiger partial charge in [0.1, 0.15) is 24.7 Å². The van der Waals surface area contributed by atoms with Crippen LogP contribution in [-0.4, -0.2) is 51.5 Å². The van der Waals surface area contributed by atoms with Crippen molar-refractivity contribution < 1.29 is 28.8 Å².